The van der Waals surface area contributed by atoms with E-state index in [1.54, 1.807) is 11.3 Å². The molecule has 0 bridgehead atoms. The SMILES string of the molecule is CCOc1cccc(CBr)c1OCc1cn2ccsc2n1. The van der Waals surface area contributed by atoms with Crippen LogP contribution >= 0.6 is 27.3 Å². The Hall–Kier alpha value is -1.53. The van der Waals surface area contributed by atoms with Gasteiger partial charge < -0.3 is 9.47 Å². The fourth-order valence-corrected chi connectivity index (χ4v) is 3.25. The van der Waals surface area contributed by atoms with Gasteiger partial charge in [0.05, 0.1) is 12.3 Å². The number of fused-ring (bicyclic) bond motifs is 1. The minimum atomic E-state index is 0.429. The zero-order valence-corrected chi connectivity index (χ0v) is 14.0. The number of hydrogen-bond donors (Lipinski definition) is 0. The Morgan fingerprint density at radius 1 is 1.33 bits per heavy atom. The summed E-state index contributed by atoms with van der Waals surface area (Å²) in [5, 5.41) is 2.74. The van der Waals surface area contributed by atoms with Gasteiger partial charge in [-0.25, -0.2) is 4.98 Å². The second kappa shape index (κ2) is 6.49. The molecule has 21 heavy (non-hydrogen) atoms. The predicted molar refractivity (Wildman–Crippen MR) is 87.6 cm³/mol. The number of para-hydroxylation sites is 1. The number of thiazole rings is 1. The van der Waals surface area contributed by atoms with Gasteiger partial charge in [-0.05, 0) is 13.0 Å². The van der Waals surface area contributed by atoms with Gasteiger partial charge >= 0.3 is 0 Å². The van der Waals surface area contributed by atoms with Gasteiger partial charge in [-0.2, -0.15) is 0 Å². The molecule has 0 aliphatic rings. The summed E-state index contributed by atoms with van der Waals surface area (Å²) < 4.78 is 13.6. The van der Waals surface area contributed by atoms with E-state index in [1.165, 1.54) is 0 Å². The van der Waals surface area contributed by atoms with E-state index in [0.29, 0.717) is 13.2 Å². The summed E-state index contributed by atoms with van der Waals surface area (Å²) in [6.07, 6.45) is 3.98. The van der Waals surface area contributed by atoms with Crippen LogP contribution < -0.4 is 9.47 Å². The number of rotatable bonds is 6. The monoisotopic (exact) mass is 366 g/mol. The van der Waals surface area contributed by atoms with E-state index in [2.05, 4.69) is 20.9 Å². The van der Waals surface area contributed by atoms with Crippen LogP contribution in [-0.2, 0) is 11.9 Å². The van der Waals surface area contributed by atoms with Gasteiger partial charge in [0.15, 0.2) is 16.5 Å². The lowest BCUT2D eigenvalue weighted by atomic mass is 10.2. The van der Waals surface area contributed by atoms with Gasteiger partial charge in [0.1, 0.15) is 6.61 Å². The molecule has 0 N–H and O–H groups in total. The minimum Gasteiger partial charge on any atom is -0.490 e. The van der Waals surface area contributed by atoms with Crippen LogP contribution in [0.15, 0.2) is 36.0 Å². The fraction of sp³-hybridized carbons (Fsp3) is 0.267. The molecule has 0 aliphatic heterocycles. The van der Waals surface area contributed by atoms with E-state index in [4.69, 9.17) is 9.47 Å². The molecule has 0 saturated heterocycles. The molecule has 110 valence electrons. The zero-order chi connectivity index (χ0) is 14.7. The third-order valence-corrected chi connectivity index (χ3v) is 4.39. The van der Waals surface area contributed by atoms with E-state index in [-0.39, 0.29) is 0 Å². The Morgan fingerprint density at radius 2 is 2.24 bits per heavy atom. The second-order valence-corrected chi connectivity index (χ2v) is 5.86. The van der Waals surface area contributed by atoms with Gasteiger partial charge in [0, 0.05) is 28.7 Å². The standard InChI is InChI=1S/C15H15BrN2O2S/c1-2-19-13-5-3-4-11(8-16)14(13)20-10-12-9-18-6-7-21-15(18)17-12/h3-7,9H,2,8,10H2,1H3. The van der Waals surface area contributed by atoms with E-state index in [1.807, 2.05) is 47.3 Å². The minimum absolute atomic E-state index is 0.429. The highest BCUT2D eigenvalue weighted by Crippen LogP contribution is 2.33. The molecule has 2 aromatic heterocycles. The van der Waals surface area contributed by atoms with Crippen molar-refractivity contribution in [3.63, 3.8) is 0 Å². The first-order chi connectivity index (χ1) is 10.3. The number of aromatic nitrogens is 2. The van der Waals surface area contributed by atoms with Crippen molar-refractivity contribution in [2.75, 3.05) is 6.61 Å². The lowest BCUT2D eigenvalue weighted by Gasteiger charge is -2.14. The van der Waals surface area contributed by atoms with Crippen molar-refractivity contribution in [3.8, 4) is 11.5 Å². The Morgan fingerprint density at radius 3 is 3.00 bits per heavy atom. The number of alkyl halides is 1. The summed E-state index contributed by atoms with van der Waals surface area (Å²) in [6, 6.07) is 5.93. The van der Waals surface area contributed by atoms with Crippen molar-refractivity contribution in [2.45, 2.75) is 18.9 Å². The second-order valence-electron chi connectivity index (χ2n) is 4.42. The summed E-state index contributed by atoms with van der Waals surface area (Å²) in [6.45, 7) is 3.01. The van der Waals surface area contributed by atoms with Crippen LogP contribution in [0.3, 0.4) is 0 Å². The van der Waals surface area contributed by atoms with E-state index < -0.39 is 0 Å². The number of imidazole rings is 1. The molecule has 2 heterocycles. The van der Waals surface area contributed by atoms with Crippen molar-refractivity contribution in [1.82, 2.24) is 9.38 Å². The molecule has 0 radical (unpaired) electrons. The third kappa shape index (κ3) is 3.06. The summed E-state index contributed by atoms with van der Waals surface area (Å²) in [5.41, 5.74) is 1.98. The van der Waals surface area contributed by atoms with Crippen LogP contribution in [0, 0.1) is 0 Å². The summed E-state index contributed by atoms with van der Waals surface area (Å²) >= 11 is 5.10. The topological polar surface area (TPSA) is 35.8 Å². The van der Waals surface area contributed by atoms with Gasteiger partial charge in [0.25, 0.3) is 0 Å². The maximum atomic E-state index is 5.97. The fourth-order valence-electron chi connectivity index (χ4n) is 2.09. The highest BCUT2D eigenvalue weighted by atomic mass is 79.9. The largest absolute Gasteiger partial charge is 0.490 e. The molecule has 4 nitrogen and oxygen atoms in total. The summed E-state index contributed by atoms with van der Waals surface area (Å²) in [7, 11) is 0. The van der Waals surface area contributed by atoms with Crippen molar-refractivity contribution >= 4 is 32.2 Å². The lowest BCUT2D eigenvalue weighted by molar-refractivity contribution is 0.265. The average molecular weight is 367 g/mol. The van der Waals surface area contributed by atoms with Crippen LogP contribution in [0.4, 0.5) is 0 Å². The lowest BCUT2D eigenvalue weighted by Crippen LogP contribution is -2.02. The molecule has 0 amide bonds. The Bertz CT molecular complexity index is 710. The normalized spacial score (nSPS) is 11.0. The van der Waals surface area contributed by atoms with Crippen LogP contribution in [0.1, 0.15) is 18.2 Å². The molecule has 0 aliphatic carbocycles. The molecular weight excluding hydrogens is 352 g/mol. The first-order valence-electron chi connectivity index (χ1n) is 6.66. The van der Waals surface area contributed by atoms with Crippen LogP contribution in [0.5, 0.6) is 11.5 Å². The maximum absolute atomic E-state index is 5.97. The Labute approximate surface area is 135 Å². The number of hydrogen-bond acceptors (Lipinski definition) is 4. The van der Waals surface area contributed by atoms with E-state index in [9.17, 15) is 0 Å². The Kier molecular flexibility index (Phi) is 4.45. The third-order valence-electron chi connectivity index (χ3n) is 3.01. The molecule has 1 aromatic carbocycles. The zero-order valence-electron chi connectivity index (χ0n) is 11.6. The first kappa shape index (κ1) is 14.4. The van der Waals surface area contributed by atoms with Crippen LogP contribution in [-0.4, -0.2) is 16.0 Å². The van der Waals surface area contributed by atoms with Crippen molar-refractivity contribution < 1.29 is 9.47 Å². The Balaban J connectivity index is 1.81. The molecule has 0 saturated carbocycles. The summed E-state index contributed by atoms with van der Waals surface area (Å²) in [4.78, 5) is 5.50. The quantitative estimate of drug-likeness (QED) is 0.611. The molecule has 0 atom stereocenters. The molecule has 0 unspecified atom stereocenters. The molecule has 0 fully saturated rings. The predicted octanol–water partition coefficient (Wildman–Crippen LogP) is 4.27. The van der Waals surface area contributed by atoms with Crippen molar-refractivity contribution in [1.29, 1.82) is 0 Å². The van der Waals surface area contributed by atoms with E-state index in [0.717, 1.165) is 33.0 Å². The van der Waals surface area contributed by atoms with Gasteiger partial charge in [0.2, 0.25) is 0 Å². The van der Waals surface area contributed by atoms with E-state index >= 15 is 0 Å². The van der Waals surface area contributed by atoms with Crippen molar-refractivity contribution in [2.24, 2.45) is 0 Å². The molecular formula is C15H15BrN2O2S. The molecule has 3 rings (SSSR count). The maximum Gasteiger partial charge on any atom is 0.193 e. The molecule has 3 aromatic rings. The number of nitrogens with zero attached hydrogens (tertiary/aromatic N) is 2. The van der Waals surface area contributed by atoms with Gasteiger partial charge in [-0.1, -0.05) is 28.1 Å². The highest BCUT2D eigenvalue weighted by Gasteiger charge is 2.11. The number of halogens is 1. The molecule has 0 spiro atoms. The van der Waals surface area contributed by atoms with Crippen molar-refractivity contribution in [3.05, 3.63) is 47.2 Å². The van der Waals surface area contributed by atoms with Gasteiger partial charge in [-0.15, -0.1) is 11.3 Å². The number of benzene rings is 1. The van der Waals surface area contributed by atoms with Crippen LogP contribution in [0.25, 0.3) is 4.96 Å². The average Bonchev–Trinajstić information content (AvgIpc) is 3.07. The molecule has 6 heteroatoms. The van der Waals surface area contributed by atoms with Gasteiger partial charge in [-0.3, -0.25) is 4.40 Å². The highest BCUT2D eigenvalue weighted by molar-refractivity contribution is 9.08. The first-order valence-corrected chi connectivity index (χ1v) is 8.66. The van der Waals surface area contributed by atoms with Crippen LogP contribution in [0.2, 0.25) is 0 Å². The summed E-state index contributed by atoms with van der Waals surface area (Å²) in [5.74, 6) is 1.56. The number of ether oxygens (including phenoxy) is 2. The smallest absolute Gasteiger partial charge is 0.193 e.